The van der Waals surface area contributed by atoms with Gasteiger partial charge < -0.3 is 15.1 Å². The molecule has 1 N–H and O–H groups in total. The number of hydrogen-bond donors (Lipinski definition) is 1. The van der Waals surface area contributed by atoms with Gasteiger partial charge in [0.25, 0.3) is 0 Å². The van der Waals surface area contributed by atoms with Gasteiger partial charge in [-0.2, -0.15) is 5.26 Å². The van der Waals surface area contributed by atoms with Gasteiger partial charge in [0.1, 0.15) is 0 Å². The van der Waals surface area contributed by atoms with Gasteiger partial charge in [0, 0.05) is 32.7 Å². The van der Waals surface area contributed by atoms with Gasteiger partial charge >= 0.3 is 0 Å². The summed E-state index contributed by atoms with van der Waals surface area (Å²) in [6.45, 7) is 8.70. The molecule has 16 heavy (non-hydrogen) atoms. The molecule has 0 saturated carbocycles. The first kappa shape index (κ1) is 13.4. The average Bonchev–Trinajstić information content (AvgIpc) is 2.32. The Hall–Kier alpha value is -0.630. The summed E-state index contributed by atoms with van der Waals surface area (Å²) in [6, 6.07) is 2.36. The van der Waals surface area contributed by atoms with Crippen LogP contribution in [0.2, 0.25) is 0 Å². The maximum atomic E-state index is 8.98. The van der Waals surface area contributed by atoms with E-state index in [1.807, 2.05) is 0 Å². The van der Waals surface area contributed by atoms with Crippen molar-refractivity contribution in [1.29, 1.82) is 5.26 Å². The van der Waals surface area contributed by atoms with E-state index in [1.165, 1.54) is 0 Å². The molecular weight excluding hydrogens is 200 g/mol. The van der Waals surface area contributed by atoms with Crippen molar-refractivity contribution < 1.29 is 0 Å². The second kappa shape index (κ2) is 7.61. The van der Waals surface area contributed by atoms with Gasteiger partial charge in [0.15, 0.2) is 0 Å². The molecule has 4 nitrogen and oxygen atoms in total. The van der Waals surface area contributed by atoms with Gasteiger partial charge in [0.2, 0.25) is 0 Å². The standard InChI is InChI=1S/C12H24N4/c1-3-5-14-12(11-13)4-6-16-9-7-15(2)8-10-16/h12,14H,3-10H2,1-2H3. The molecule has 0 bridgehead atoms. The molecule has 1 aliphatic rings. The van der Waals surface area contributed by atoms with Crippen LogP contribution in [0.25, 0.3) is 0 Å². The highest BCUT2D eigenvalue weighted by molar-refractivity contribution is 4.90. The van der Waals surface area contributed by atoms with Crippen LogP contribution in [0.1, 0.15) is 19.8 Å². The van der Waals surface area contributed by atoms with Gasteiger partial charge in [-0.3, -0.25) is 0 Å². The van der Waals surface area contributed by atoms with Crippen molar-refractivity contribution in [3.63, 3.8) is 0 Å². The zero-order valence-electron chi connectivity index (χ0n) is 10.6. The number of nitrogens with zero attached hydrogens (tertiary/aromatic N) is 3. The van der Waals surface area contributed by atoms with E-state index in [9.17, 15) is 0 Å². The van der Waals surface area contributed by atoms with E-state index >= 15 is 0 Å². The fourth-order valence-corrected chi connectivity index (χ4v) is 1.91. The molecule has 1 fully saturated rings. The second-order valence-corrected chi connectivity index (χ2v) is 4.57. The SMILES string of the molecule is CCCNC(C#N)CCN1CCN(C)CC1. The first-order chi connectivity index (χ1) is 7.76. The highest BCUT2D eigenvalue weighted by atomic mass is 15.2. The number of likely N-dealkylation sites (N-methyl/N-ethyl adjacent to an activating group) is 1. The molecule has 0 aromatic rings. The number of nitrogens with one attached hydrogen (secondary N) is 1. The number of nitriles is 1. The van der Waals surface area contributed by atoms with Crippen molar-refractivity contribution in [1.82, 2.24) is 15.1 Å². The van der Waals surface area contributed by atoms with Crippen molar-refractivity contribution in [2.75, 3.05) is 46.3 Å². The van der Waals surface area contributed by atoms with E-state index in [0.717, 1.165) is 52.1 Å². The smallest absolute Gasteiger partial charge is 0.0965 e. The summed E-state index contributed by atoms with van der Waals surface area (Å²) in [6.07, 6.45) is 2.03. The summed E-state index contributed by atoms with van der Waals surface area (Å²) >= 11 is 0. The van der Waals surface area contributed by atoms with E-state index in [1.54, 1.807) is 0 Å². The molecular formula is C12H24N4. The molecule has 0 amide bonds. The minimum absolute atomic E-state index is 0.0274. The summed E-state index contributed by atoms with van der Waals surface area (Å²) in [7, 11) is 2.16. The first-order valence-corrected chi connectivity index (χ1v) is 6.30. The molecule has 1 heterocycles. The summed E-state index contributed by atoms with van der Waals surface area (Å²) < 4.78 is 0. The molecule has 0 aliphatic carbocycles. The predicted octanol–water partition coefficient (Wildman–Crippen LogP) is 0.516. The van der Waals surface area contributed by atoms with Crippen molar-refractivity contribution in [3.05, 3.63) is 0 Å². The topological polar surface area (TPSA) is 42.3 Å². The van der Waals surface area contributed by atoms with Crippen LogP contribution in [0.15, 0.2) is 0 Å². The van der Waals surface area contributed by atoms with Crippen LogP contribution in [-0.2, 0) is 0 Å². The molecule has 0 aromatic heterocycles. The van der Waals surface area contributed by atoms with Crippen LogP contribution in [0.5, 0.6) is 0 Å². The molecule has 1 atom stereocenters. The lowest BCUT2D eigenvalue weighted by Crippen LogP contribution is -2.45. The monoisotopic (exact) mass is 224 g/mol. The van der Waals surface area contributed by atoms with Crippen molar-refractivity contribution in [2.45, 2.75) is 25.8 Å². The van der Waals surface area contributed by atoms with Gasteiger partial charge in [0.05, 0.1) is 12.1 Å². The third-order valence-electron chi connectivity index (χ3n) is 3.13. The van der Waals surface area contributed by atoms with E-state index in [0.29, 0.717) is 0 Å². The molecule has 92 valence electrons. The lowest BCUT2D eigenvalue weighted by atomic mass is 10.2. The Balaban J connectivity index is 2.15. The Kier molecular flexibility index (Phi) is 6.39. The molecule has 0 radical (unpaired) electrons. The maximum absolute atomic E-state index is 8.98. The van der Waals surface area contributed by atoms with Crippen LogP contribution in [0, 0.1) is 11.3 Å². The van der Waals surface area contributed by atoms with Crippen molar-refractivity contribution >= 4 is 0 Å². The third kappa shape index (κ3) is 4.93. The van der Waals surface area contributed by atoms with Crippen LogP contribution < -0.4 is 5.32 Å². The molecule has 1 saturated heterocycles. The lowest BCUT2D eigenvalue weighted by molar-refractivity contribution is 0.151. The van der Waals surface area contributed by atoms with Gasteiger partial charge in [-0.05, 0) is 26.4 Å². The largest absolute Gasteiger partial charge is 0.304 e. The van der Waals surface area contributed by atoms with Crippen molar-refractivity contribution in [2.24, 2.45) is 0 Å². The average molecular weight is 224 g/mol. The summed E-state index contributed by atoms with van der Waals surface area (Å²) in [5.74, 6) is 0. The van der Waals surface area contributed by atoms with Crippen LogP contribution in [0.4, 0.5) is 0 Å². The number of hydrogen-bond acceptors (Lipinski definition) is 4. The maximum Gasteiger partial charge on any atom is 0.0965 e. The van der Waals surface area contributed by atoms with Gasteiger partial charge in [-0.25, -0.2) is 0 Å². The summed E-state index contributed by atoms with van der Waals surface area (Å²) in [5, 5.41) is 12.3. The molecule has 0 aromatic carbocycles. The van der Waals surface area contributed by atoms with E-state index in [-0.39, 0.29) is 6.04 Å². The summed E-state index contributed by atoms with van der Waals surface area (Å²) in [5.41, 5.74) is 0. The minimum Gasteiger partial charge on any atom is -0.304 e. The van der Waals surface area contributed by atoms with Crippen LogP contribution >= 0.6 is 0 Å². The van der Waals surface area contributed by atoms with Crippen LogP contribution in [0.3, 0.4) is 0 Å². The summed E-state index contributed by atoms with van der Waals surface area (Å²) in [4.78, 5) is 4.81. The quantitative estimate of drug-likeness (QED) is 0.714. The van der Waals surface area contributed by atoms with Gasteiger partial charge in [-0.1, -0.05) is 6.92 Å². The Morgan fingerprint density at radius 3 is 2.56 bits per heavy atom. The molecule has 1 rings (SSSR count). The van der Waals surface area contributed by atoms with Gasteiger partial charge in [-0.15, -0.1) is 0 Å². The Bertz CT molecular complexity index is 216. The fraction of sp³-hybridized carbons (Fsp3) is 0.917. The predicted molar refractivity (Wildman–Crippen MR) is 66.2 cm³/mol. The number of piperazine rings is 1. The molecule has 0 spiro atoms. The first-order valence-electron chi connectivity index (χ1n) is 6.30. The molecule has 4 heteroatoms. The Morgan fingerprint density at radius 1 is 1.31 bits per heavy atom. The Labute approximate surface area is 99.2 Å². The highest BCUT2D eigenvalue weighted by Gasteiger charge is 2.15. The second-order valence-electron chi connectivity index (χ2n) is 4.57. The third-order valence-corrected chi connectivity index (χ3v) is 3.13. The zero-order chi connectivity index (χ0) is 11.8. The van der Waals surface area contributed by atoms with Crippen LogP contribution in [-0.4, -0.2) is 62.2 Å². The fourth-order valence-electron chi connectivity index (χ4n) is 1.91. The number of rotatable bonds is 6. The van der Waals surface area contributed by atoms with E-state index < -0.39 is 0 Å². The molecule has 1 unspecified atom stereocenters. The lowest BCUT2D eigenvalue weighted by Gasteiger charge is -2.32. The molecule has 1 aliphatic heterocycles. The van der Waals surface area contributed by atoms with E-state index in [2.05, 4.69) is 35.2 Å². The highest BCUT2D eigenvalue weighted by Crippen LogP contribution is 2.01. The normalized spacial score (nSPS) is 20.6. The zero-order valence-corrected chi connectivity index (χ0v) is 10.6. The Morgan fingerprint density at radius 2 is 2.00 bits per heavy atom. The van der Waals surface area contributed by atoms with Crippen molar-refractivity contribution in [3.8, 4) is 6.07 Å². The minimum atomic E-state index is 0.0274. The van der Waals surface area contributed by atoms with E-state index in [4.69, 9.17) is 5.26 Å².